The largest absolute Gasteiger partial charge is 0.775 e. The Kier molecular flexibility index (Phi) is 3.55. The Bertz CT molecular complexity index is 345. The van der Waals surface area contributed by atoms with Crippen LogP contribution in [0.4, 0.5) is 0 Å². The maximum atomic E-state index is 11.4. The Hall–Kier alpha value is -0.760. The molecule has 13 heavy (non-hydrogen) atoms. The van der Waals surface area contributed by atoms with Crippen LogP contribution in [0.5, 0.6) is 0 Å². The van der Waals surface area contributed by atoms with Crippen molar-refractivity contribution in [2.24, 2.45) is 0 Å². The fraction of sp³-hybridized carbons (Fsp3) is 0.333. The molecular formula is C6H7N3O2PS-. The fourth-order valence-electron chi connectivity index (χ4n) is 0.670. The van der Waals surface area contributed by atoms with Gasteiger partial charge in [-0.05, 0) is 0 Å². The summed E-state index contributed by atoms with van der Waals surface area (Å²) < 4.78 is 12.4. The van der Waals surface area contributed by atoms with Crippen molar-refractivity contribution >= 4 is 18.1 Å². The Morgan fingerprint density at radius 3 is 3.08 bits per heavy atom. The zero-order valence-corrected chi connectivity index (χ0v) is 8.37. The Morgan fingerprint density at radius 1 is 1.77 bits per heavy atom. The van der Waals surface area contributed by atoms with Gasteiger partial charge < -0.3 is 9.46 Å². The van der Waals surface area contributed by atoms with Crippen LogP contribution in [-0.4, -0.2) is 15.1 Å². The third-order valence-electron chi connectivity index (χ3n) is 1.24. The van der Waals surface area contributed by atoms with Gasteiger partial charge in [0, 0.05) is 24.6 Å². The van der Waals surface area contributed by atoms with Crippen LogP contribution in [0.15, 0.2) is 18.7 Å². The van der Waals surface area contributed by atoms with E-state index in [1.165, 1.54) is 18.7 Å². The summed E-state index contributed by atoms with van der Waals surface area (Å²) in [5.74, 6) is 0.287. The molecule has 1 unspecified atom stereocenters. The lowest BCUT2D eigenvalue weighted by atomic mass is 10.6. The summed E-state index contributed by atoms with van der Waals surface area (Å²) in [7, 11) is 0. The van der Waals surface area contributed by atoms with Gasteiger partial charge >= 0.3 is 0 Å². The number of aromatic nitrogens is 2. The van der Waals surface area contributed by atoms with Crippen LogP contribution >= 0.6 is 18.1 Å². The standard InChI is InChI=1S/C6H8N3O2PS/c7-2-1-5-13-12(10,11)9-4-3-8-6-9/h3-4,6H,1,5H2,(H,10,11)/p-1. The average Bonchev–Trinajstić information content (AvgIpc) is 2.56. The van der Waals surface area contributed by atoms with Gasteiger partial charge in [-0.15, -0.1) is 0 Å². The lowest BCUT2D eigenvalue weighted by molar-refractivity contribution is -0.170. The highest BCUT2D eigenvalue weighted by Crippen LogP contribution is 2.51. The summed E-state index contributed by atoms with van der Waals surface area (Å²) in [6.07, 6.45) is 4.22. The predicted molar refractivity (Wildman–Crippen MR) is 47.9 cm³/mol. The Labute approximate surface area is 79.7 Å². The SMILES string of the molecule is N#CCCSP(=O)([O-])n1ccnc1. The molecule has 1 heterocycles. The van der Waals surface area contributed by atoms with Crippen molar-refractivity contribution in [3.05, 3.63) is 18.7 Å². The van der Waals surface area contributed by atoms with Gasteiger partial charge in [-0.25, -0.2) is 4.98 Å². The van der Waals surface area contributed by atoms with E-state index in [9.17, 15) is 9.46 Å². The first-order chi connectivity index (χ1) is 6.17. The molecule has 0 radical (unpaired) electrons. The number of nitriles is 1. The van der Waals surface area contributed by atoms with Gasteiger partial charge in [0.05, 0.1) is 12.4 Å². The van der Waals surface area contributed by atoms with Crippen molar-refractivity contribution in [3.8, 4) is 6.07 Å². The first-order valence-corrected chi connectivity index (χ1v) is 6.65. The molecule has 0 aromatic carbocycles. The van der Waals surface area contributed by atoms with E-state index in [2.05, 4.69) is 4.98 Å². The van der Waals surface area contributed by atoms with Gasteiger partial charge in [0.25, 0.3) is 0 Å². The molecule has 0 N–H and O–H groups in total. The van der Waals surface area contributed by atoms with E-state index < -0.39 is 6.72 Å². The van der Waals surface area contributed by atoms with Gasteiger partial charge in [0.2, 0.25) is 0 Å². The average molecular weight is 216 g/mol. The van der Waals surface area contributed by atoms with E-state index in [4.69, 9.17) is 5.26 Å². The van der Waals surface area contributed by atoms with Crippen LogP contribution in [0, 0.1) is 11.3 Å². The highest BCUT2D eigenvalue weighted by Gasteiger charge is 2.09. The van der Waals surface area contributed by atoms with Crippen molar-refractivity contribution in [2.45, 2.75) is 6.42 Å². The van der Waals surface area contributed by atoms with E-state index in [0.29, 0.717) is 0 Å². The highest BCUT2D eigenvalue weighted by atomic mass is 32.7. The van der Waals surface area contributed by atoms with Gasteiger partial charge in [-0.1, -0.05) is 11.4 Å². The molecule has 0 saturated carbocycles. The maximum Gasteiger partial charge on any atom is 0.164 e. The van der Waals surface area contributed by atoms with Crippen molar-refractivity contribution in [3.63, 3.8) is 0 Å². The summed E-state index contributed by atoms with van der Waals surface area (Å²) in [5, 5.41) is 8.22. The van der Waals surface area contributed by atoms with Crippen molar-refractivity contribution < 1.29 is 9.46 Å². The van der Waals surface area contributed by atoms with Gasteiger partial charge in [-0.3, -0.25) is 4.34 Å². The van der Waals surface area contributed by atoms with Crippen LogP contribution in [0.2, 0.25) is 0 Å². The minimum absolute atomic E-state index is 0.228. The fourth-order valence-corrected chi connectivity index (χ4v) is 3.28. The third-order valence-corrected chi connectivity index (χ3v) is 4.85. The molecule has 1 atom stereocenters. The smallest absolute Gasteiger partial charge is 0.164 e. The number of imidazole rings is 1. The second-order valence-electron chi connectivity index (χ2n) is 2.15. The molecule has 1 rings (SSSR count). The van der Waals surface area contributed by atoms with Crippen molar-refractivity contribution in [2.75, 3.05) is 5.75 Å². The van der Waals surface area contributed by atoms with Gasteiger partial charge in [0.15, 0.2) is 6.72 Å². The Balaban J connectivity index is 2.58. The molecule has 1 aromatic heterocycles. The van der Waals surface area contributed by atoms with Crippen molar-refractivity contribution in [1.29, 1.82) is 5.26 Å². The monoisotopic (exact) mass is 216 g/mol. The van der Waals surface area contributed by atoms with E-state index >= 15 is 0 Å². The lowest BCUT2D eigenvalue weighted by Crippen LogP contribution is -2.05. The summed E-state index contributed by atoms with van der Waals surface area (Å²) in [4.78, 5) is 15.0. The van der Waals surface area contributed by atoms with Crippen LogP contribution in [0.1, 0.15) is 6.42 Å². The molecule has 0 aliphatic carbocycles. The normalized spacial score (nSPS) is 14.8. The summed E-state index contributed by atoms with van der Waals surface area (Å²) in [6, 6.07) is 1.88. The molecule has 0 bridgehead atoms. The van der Waals surface area contributed by atoms with Crippen LogP contribution < -0.4 is 4.89 Å². The molecule has 0 saturated heterocycles. The topological polar surface area (TPSA) is 81.7 Å². The lowest BCUT2D eigenvalue weighted by Gasteiger charge is -2.22. The summed E-state index contributed by atoms with van der Waals surface area (Å²) in [5.41, 5.74) is 0. The van der Waals surface area contributed by atoms with Crippen LogP contribution in [0.3, 0.4) is 0 Å². The van der Waals surface area contributed by atoms with E-state index in [1.54, 1.807) is 0 Å². The zero-order valence-electron chi connectivity index (χ0n) is 6.66. The molecule has 5 nitrogen and oxygen atoms in total. The molecule has 0 amide bonds. The number of hydrogen-bond donors (Lipinski definition) is 0. The first-order valence-electron chi connectivity index (χ1n) is 3.48. The minimum atomic E-state index is -3.66. The summed E-state index contributed by atoms with van der Waals surface area (Å²) in [6.45, 7) is -3.66. The molecule has 1 aromatic rings. The summed E-state index contributed by atoms with van der Waals surface area (Å²) >= 11 is 0.761. The second-order valence-corrected chi connectivity index (χ2v) is 6.38. The molecule has 70 valence electrons. The molecule has 0 aliphatic heterocycles. The Morgan fingerprint density at radius 2 is 2.54 bits per heavy atom. The van der Waals surface area contributed by atoms with E-state index in [1.807, 2.05) is 6.07 Å². The van der Waals surface area contributed by atoms with Crippen molar-refractivity contribution in [1.82, 2.24) is 9.32 Å². The maximum absolute atomic E-state index is 11.4. The number of nitrogens with zero attached hydrogens (tertiary/aromatic N) is 3. The number of rotatable bonds is 4. The third kappa shape index (κ3) is 2.88. The zero-order chi connectivity index (χ0) is 9.73. The highest BCUT2D eigenvalue weighted by molar-refractivity contribution is 8.55. The van der Waals surface area contributed by atoms with Crippen LogP contribution in [0.25, 0.3) is 0 Å². The van der Waals surface area contributed by atoms with Crippen LogP contribution in [-0.2, 0) is 4.57 Å². The van der Waals surface area contributed by atoms with E-state index in [-0.39, 0.29) is 12.2 Å². The van der Waals surface area contributed by atoms with Gasteiger partial charge in [0.1, 0.15) is 0 Å². The quantitative estimate of drug-likeness (QED) is 0.550. The minimum Gasteiger partial charge on any atom is -0.775 e. The molecule has 0 aliphatic rings. The van der Waals surface area contributed by atoms with Gasteiger partial charge in [-0.2, -0.15) is 5.26 Å². The van der Waals surface area contributed by atoms with E-state index in [0.717, 1.165) is 15.7 Å². The molecule has 0 spiro atoms. The predicted octanol–water partition coefficient (Wildman–Crippen LogP) is 0.846. The molecular weight excluding hydrogens is 209 g/mol. The molecule has 7 heteroatoms. The molecule has 0 fully saturated rings. The first kappa shape index (κ1) is 10.3. The number of hydrogen-bond acceptors (Lipinski definition) is 5. The second kappa shape index (κ2) is 4.47.